The van der Waals surface area contributed by atoms with Gasteiger partial charge in [-0.15, -0.1) is 0 Å². The van der Waals surface area contributed by atoms with Crippen molar-refractivity contribution in [3.63, 3.8) is 0 Å². The van der Waals surface area contributed by atoms with Crippen LogP contribution < -0.4 is 16.9 Å². The van der Waals surface area contributed by atoms with Gasteiger partial charge in [-0.3, -0.25) is 0 Å². The van der Waals surface area contributed by atoms with Crippen LogP contribution in [0.3, 0.4) is 0 Å². The molecule has 1 rings (SSSR count). The zero-order chi connectivity index (χ0) is 12.5. The van der Waals surface area contributed by atoms with Crippen molar-refractivity contribution in [2.45, 2.75) is 0 Å². The predicted molar refractivity (Wildman–Crippen MR) is 48.1 cm³/mol. The lowest BCUT2D eigenvalue weighted by Gasteiger charge is -1.94. The van der Waals surface area contributed by atoms with Gasteiger partial charge in [-0.05, 0) is 24.3 Å². The average molecular weight is 224 g/mol. The van der Waals surface area contributed by atoms with Crippen LogP contribution in [-0.2, 0) is 0 Å². The van der Waals surface area contributed by atoms with Gasteiger partial charge in [0.15, 0.2) is 0 Å². The molecule has 84 valence electrons. The van der Waals surface area contributed by atoms with Crippen LogP contribution in [0.25, 0.3) is 0 Å². The quantitative estimate of drug-likeness (QED) is 0.258. The first-order valence-electron chi connectivity index (χ1n) is 3.50. The van der Waals surface area contributed by atoms with Crippen LogP contribution in [0.5, 0.6) is 0 Å². The van der Waals surface area contributed by atoms with E-state index in [-0.39, 0.29) is 0 Å². The minimum atomic E-state index is -6.00. The monoisotopic (exact) mass is 224 g/mol. The van der Waals surface area contributed by atoms with Gasteiger partial charge in [0.05, 0.1) is 5.39 Å². The van der Waals surface area contributed by atoms with Gasteiger partial charge in [0.2, 0.25) is 5.39 Å². The summed E-state index contributed by atoms with van der Waals surface area (Å²) in [5.41, 5.74) is 12.2. The third-order valence-corrected chi connectivity index (χ3v) is 0.936. The van der Waals surface area contributed by atoms with Crippen molar-refractivity contribution >= 4 is 18.6 Å². The SMILES string of the molecule is F[B-](F)(F)F.N#[NH+].Nc1ccc(N)cc1. The number of nitrogens with zero attached hydrogens (tertiary/aromatic N) is 1. The highest BCUT2D eigenvalue weighted by molar-refractivity contribution is 6.50. The summed E-state index contributed by atoms with van der Waals surface area (Å²) in [4.78, 5) is 0. The number of benzene rings is 1. The smallest absolute Gasteiger partial charge is 0.418 e. The van der Waals surface area contributed by atoms with E-state index < -0.39 is 7.25 Å². The second-order valence-electron chi connectivity index (χ2n) is 2.16. The summed E-state index contributed by atoms with van der Waals surface area (Å²) in [6.07, 6.45) is 0. The first kappa shape index (κ1) is 15.5. The molecule has 0 aliphatic carbocycles. The standard InChI is InChI=1S/C6H8N2.BF4.N2/c7-5-1-2-6(8)4-3-5;2-1(3,4)5;1-2/h1-4H,7-8H2;;/q;-1;/p+1. The molecule has 1 aromatic carbocycles. The Morgan fingerprint density at radius 1 is 0.867 bits per heavy atom. The first-order chi connectivity index (χ1) is 6.79. The Hall–Kier alpha value is -1.98. The molecule has 4 nitrogen and oxygen atoms in total. The molecule has 0 saturated carbocycles. The first-order valence-corrected chi connectivity index (χ1v) is 3.50. The van der Waals surface area contributed by atoms with Crippen molar-refractivity contribution in [3.05, 3.63) is 24.3 Å². The Morgan fingerprint density at radius 3 is 1.13 bits per heavy atom. The molecule has 0 fully saturated rings. The van der Waals surface area contributed by atoms with Crippen molar-refractivity contribution in [2.24, 2.45) is 0 Å². The highest BCUT2D eigenvalue weighted by Crippen LogP contribution is 2.06. The molecule has 9 heteroatoms. The third kappa shape index (κ3) is 18.8. The van der Waals surface area contributed by atoms with Crippen LogP contribution >= 0.6 is 0 Å². The van der Waals surface area contributed by atoms with Gasteiger partial charge < -0.3 is 28.7 Å². The lowest BCUT2D eigenvalue weighted by atomic mass is 10.3. The van der Waals surface area contributed by atoms with Gasteiger partial charge in [0.1, 0.15) is 0 Å². The summed E-state index contributed by atoms with van der Waals surface area (Å²) in [7, 11) is -6.00. The van der Waals surface area contributed by atoms with Crippen LogP contribution in [-0.4, -0.2) is 7.25 Å². The molecule has 0 aliphatic rings. The molecule has 0 aromatic heterocycles. The van der Waals surface area contributed by atoms with Gasteiger partial charge >= 0.3 is 7.25 Å². The number of hydrogen-bond donors (Lipinski definition) is 3. The summed E-state index contributed by atoms with van der Waals surface area (Å²) < 4.78 is 39.0. The fourth-order valence-corrected chi connectivity index (χ4v) is 0.496. The average Bonchev–Trinajstić information content (AvgIpc) is 2.11. The van der Waals surface area contributed by atoms with Crippen LogP contribution in [0, 0.1) is 5.39 Å². The number of diazo groups is 1. The largest absolute Gasteiger partial charge is 0.673 e. The molecule has 5 N–H and O–H groups in total. The molecule has 0 spiro atoms. The van der Waals surface area contributed by atoms with Gasteiger partial charge in [-0.2, -0.15) is 0 Å². The maximum absolute atomic E-state index is 9.75. The number of halogens is 4. The van der Waals surface area contributed by atoms with Crippen molar-refractivity contribution in [1.29, 1.82) is 5.39 Å². The summed E-state index contributed by atoms with van der Waals surface area (Å²) in [6.45, 7) is 0. The van der Waals surface area contributed by atoms with Crippen molar-refractivity contribution < 1.29 is 22.7 Å². The van der Waals surface area contributed by atoms with Gasteiger partial charge in [0.25, 0.3) is 0 Å². The molecule has 0 radical (unpaired) electrons. The third-order valence-electron chi connectivity index (χ3n) is 0.936. The Kier molecular flexibility index (Phi) is 7.68. The van der Waals surface area contributed by atoms with Crippen LogP contribution in [0.4, 0.5) is 28.6 Å². The van der Waals surface area contributed by atoms with Crippen molar-refractivity contribution in [3.8, 4) is 0 Å². The van der Waals surface area contributed by atoms with E-state index in [1.165, 1.54) is 0 Å². The van der Waals surface area contributed by atoms with E-state index in [0.717, 1.165) is 11.4 Å². The molecule has 0 atom stereocenters. The van der Waals surface area contributed by atoms with Crippen molar-refractivity contribution in [1.82, 2.24) is 0 Å². The fourth-order valence-electron chi connectivity index (χ4n) is 0.496. The Balaban J connectivity index is 0. The second-order valence-corrected chi connectivity index (χ2v) is 2.16. The Bertz CT molecular complexity index is 256. The zero-order valence-corrected chi connectivity index (χ0v) is 7.50. The number of nitrogens with one attached hydrogen (secondary N) is 1. The van der Waals surface area contributed by atoms with Crippen LogP contribution in [0.1, 0.15) is 0 Å². The number of hydrogen-bond acceptors (Lipinski definition) is 3. The molecule has 0 saturated heterocycles. The minimum Gasteiger partial charge on any atom is -0.418 e. The summed E-state index contributed by atoms with van der Waals surface area (Å²) in [6, 6.07) is 7.09. The van der Waals surface area contributed by atoms with E-state index >= 15 is 0 Å². The van der Waals surface area contributed by atoms with Gasteiger partial charge in [-0.1, -0.05) is 0 Å². The molecule has 0 heterocycles. The molecular formula is C6H9BF4N4. The molecule has 0 bridgehead atoms. The molecule has 0 unspecified atom stereocenters. The summed E-state index contributed by atoms with van der Waals surface area (Å²) >= 11 is 0. The lowest BCUT2D eigenvalue weighted by molar-refractivity contribution is -0.175. The molecule has 0 amide bonds. The molecule has 1 aromatic rings. The van der Waals surface area contributed by atoms with E-state index in [9.17, 15) is 17.3 Å². The maximum atomic E-state index is 9.75. The molecule has 0 aliphatic heterocycles. The number of rotatable bonds is 0. The lowest BCUT2D eigenvalue weighted by Crippen LogP contribution is -2.11. The maximum Gasteiger partial charge on any atom is 0.673 e. The number of nitrogens with two attached hydrogens (primary N) is 2. The highest BCUT2D eigenvalue weighted by atomic mass is 19.5. The Labute approximate surface area is 83.4 Å². The van der Waals surface area contributed by atoms with Crippen LogP contribution in [0.15, 0.2) is 24.3 Å². The van der Waals surface area contributed by atoms with E-state index in [0.29, 0.717) is 0 Å². The topological polar surface area (TPSA) is 99.6 Å². The fraction of sp³-hybridized carbons (Fsp3) is 0. The summed E-state index contributed by atoms with van der Waals surface area (Å²) in [5, 5.41) is 11.0. The molecular weight excluding hydrogens is 215 g/mol. The van der Waals surface area contributed by atoms with Gasteiger partial charge in [0, 0.05) is 11.4 Å². The molecule has 15 heavy (non-hydrogen) atoms. The summed E-state index contributed by atoms with van der Waals surface area (Å²) in [5.74, 6) is 0. The van der Waals surface area contributed by atoms with Crippen molar-refractivity contribution in [2.75, 3.05) is 11.5 Å². The number of anilines is 2. The van der Waals surface area contributed by atoms with E-state index in [1.807, 2.05) is 0 Å². The highest BCUT2D eigenvalue weighted by Gasteiger charge is 2.20. The Morgan fingerprint density at radius 2 is 1.00 bits per heavy atom. The van der Waals surface area contributed by atoms with E-state index in [2.05, 4.69) is 0 Å². The van der Waals surface area contributed by atoms with E-state index in [1.54, 1.807) is 24.3 Å². The zero-order valence-electron chi connectivity index (χ0n) is 7.50. The predicted octanol–water partition coefficient (Wildman–Crippen LogP) is 0.430. The van der Waals surface area contributed by atoms with Gasteiger partial charge in [-0.25, -0.2) is 0 Å². The van der Waals surface area contributed by atoms with E-state index in [4.69, 9.17) is 22.3 Å². The second kappa shape index (κ2) is 7.43. The minimum absolute atomic E-state index is 0.749. The van der Waals surface area contributed by atoms with Crippen LogP contribution in [0.2, 0.25) is 0 Å². The normalized spacial score (nSPS) is 8.93. The number of nitrogen functional groups attached to an aromatic ring is 2.